The molecule has 4 N–H and O–H groups in total. The molecular formula is H52Na48O2. The van der Waals surface area contributed by atoms with Crippen molar-refractivity contribution < 1.29 is 1500 Å². The Labute approximate surface area is 1450 Å². The summed E-state index contributed by atoms with van der Waals surface area (Å²) >= 11 is 0. The number of hydrogen-bond acceptors (Lipinski definition) is 0. The van der Waals surface area contributed by atoms with Crippen molar-refractivity contribution in [2.45, 2.75) is 0 Å². The molecule has 0 fully saturated rings. The van der Waals surface area contributed by atoms with Gasteiger partial charge >= 0.3 is 1420 Å². The molecule has 0 rings (SSSR count). The Balaban J connectivity index is 0. The Morgan fingerprint density at radius 1 is 0.0600 bits per heavy atom. The van der Waals surface area contributed by atoms with E-state index in [0.717, 1.165) is 0 Å². The van der Waals surface area contributed by atoms with Crippen molar-refractivity contribution in [2.24, 2.45) is 0 Å². The van der Waals surface area contributed by atoms with Gasteiger partial charge in [-0.05, 0) is 0 Å². The zero-order valence-corrected chi connectivity index (χ0v) is 145. The first kappa shape index (κ1) is 401. The molecule has 2 nitrogen and oxygen atoms in total. The minimum Gasteiger partial charge on any atom is -1.00 e. The molecule has 0 amide bonds. The molecule has 0 aliphatic rings. The van der Waals surface area contributed by atoms with Crippen molar-refractivity contribution in [3.63, 3.8) is 0 Å². The summed E-state index contributed by atoms with van der Waals surface area (Å²) in [5.41, 5.74) is 0. The van der Waals surface area contributed by atoms with Gasteiger partial charge in [0, 0.05) is 0 Å². The fourth-order valence-electron chi connectivity index (χ4n) is 0. The molecule has 0 aromatic heterocycles. The van der Waals surface area contributed by atoms with Gasteiger partial charge in [0.25, 0.3) is 0 Å². The number of hydrogen-bond donors (Lipinski definition) is 0. The van der Waals surface area contributed by atoms with Crippen molar-refractivity contribution >= 4 is 0 Å². The van der Waals surface area contributed by atoms with E-state index in [1.165, 1.54) is 0 Å². The summed E-state index contributed by atoms with van der Waals surface area (Å²) in [6.07, 6.45) is 0. The van der Waals surface area contributed by atoms with Gasteiger partial charge in [0.15, 0.2) is 0 Å². The van der Waals surface area contributed by atoms with Crippen molar-refractivity contribution in [1.29, 1.82) is 0 Å². The van der Waals surface area contributed by atoms with Gasteiger partial charge in [-0.1, -0.05) is 0 Å². The van der Waals surface area contributed by atoms with Crippen LogP contribution in [0.3, 0.4) is 0 Å². The van der Waals surface area contributed by atoms with Crippen LogP contribution in [-0.4, -0.2) is 11.0 Å². The van der Waals surface area contributed by atoms with Gasteiger partial charge in [-0.2, -0.15) is 0 Å². The molecule has 0 aliphatic carbocycles. The minimum atomic E-state index is 0. The van der Waals surface area contributed by atoms with Crippen molar-refractivity contribution in [3.8, 4) is 0 Å². The molecule has 0 radical (unpaired) electrons. The summed E-state index contributed by atoms with van der Waals surface area (Å²) in [5, 5.41) is 0. The normalized spacial score (nSPS) is 0. The van der Waals surface area contributed by atoms with Crippen LogP contribution in [0.1, 0.15) is 68.5 Å². The average Bonchev–Trinajstić information content (AvgIpc) is 0. The molecule has 0 aromatic carbocycles. The summed E-state index contributed by atoms with van der Waals surface area (Å²) in [6.45, 7) is 0. The van der Waals surface area contributed by atoms with Crippen LogP contribution in [0.5, 0.6) is 0 Å². The first-order valence-corrected chi connectivity index (χ1v) is 0. The Bertz CT molecular complexity index is 110. The fraction of sp³-hybridized carbons (Fsp3) is 0. The summed E-state index contributed by atoms with van der Waals surface area (Å²) < 4.78 is 0. The maximum atomic E-state index is 0. The summed E-state index contributed by atoms with van der Waals surface area (Å²) in [7, 11) is 0. The Hall–Kier alpha value is 47.9. The van der Waals surface area contributed by atoms with Crippen LogP contribution in [0.4, 0.5) is 0 Å². The van der Waals surface area contributed by atoms with E-state index in [2.05, 4.69) is 0 Å². The molecule has 0 aromatic rings. The van der Waals surface area contributed by atoms with E-state index in [9.17, 15) is 0 Å². The first-order chi connectivity index (χ1) is 0. The molecule has 0 unspecified atom stereocenters. The van der Waals surface area contributed by atoms with E-state index >= 15 is 0 Å². The molecule has 50 heteroatoms. The van der Waals surface area contributed by atoms with Crippen molar-refractivity contribution in [1.82, 2.24) is 0 Å². The molecule has 0 spiro atoms. The molecule has 0 saturated carbocycles. The molecule has 0 bridgehead atoms. The zero-order valence-electron chi connectivity index (χ0n) is 97.0. The first-order valence-electron chi connectivity index (χ1n) is 0. The van der Waals surface area contributed by atoms with E-state index < -0.39 is 0 Å². The summed E-state index contributed by atoms with van der Waals surface area (Å²) in [5.74, 6) is 0. The second kappa shape index (κ2) is 388. The Morgan fingerprint density at radius 3 is 0.0600 bits per heavy atom. The molecule has 112 valence electrons. The van der Waals surface area contributed by atoms with Crippen LogP contribution in [0.2, 0.25) is 0 Å². The van der Waals surface area contributed by atoms with Gasteiger partial charge < -0.3 is 79.4 Å². The second-order valence-electron chi connectivity index (χ2n) is 0. The predicted molar refractivity (Wildman–Crippen MR) is 60.6 cm³/mol. The monoisotopic (exact) mass is 1190 g/mol. The van der Waals surface area contributed by atoms with Crippen LogP contribution < -0.4 is 1420 Å². The van der Waals surface area contributed by atoms with Gasteiger partial charge in [-0.3, -0.25) is 0 Å². The van der Waals surface area contributed by atoms with Gasteiger partial charge in [-0.15, -0.1) is 0 Å². The van der Waals surface area contributed by atoms with E-state index in [-0.39, 0.29) is 1500 Å². The third kappa shape index (κ3) is 376. The van der Waals surface area contributed by atoms with E-state index in [4.69, 9.17) is 0 Å². The molecule has 0 aliphatic heterocycles. The smallest absolute Gasteiger partial charge is 1.00 e. The van der Waals surface area contributed by atoms with Gasteiger partial charge in [0.2, 0.25) is 0 Å². The molecule has 0 atom stereocenters. The maximum absolute atomic E-state index is 0. The van der Waals surface area contributed by atoms with Crippen LogP contribution in [0, 0.1) is 0 Å². The second-order valence-corrected chi connectivity index (χ2v) is 0. The van der Waals surface area contributed by atoms with Gasteiger partial charge in [0.05, 0.1) is 0 Å². The van der Waals surface area contributed by atoms with Crippen LogP contribution in [0.25, 0.3) is 0 Å². The van der Waals surface area contributed by atoms with Gasteiger partial charge in [-0.25, -0.2) is 0 Å². The van der Waals surface area contributed by atoms with E-state index in [0.29, 0.717) is 0 Å². The SMILES string of the molecule is O.O.[H-].[H-].[H-].[H-].[H-].[H-].[H-].[H-].[H-].[H-].[H-].[H-].[H-].[H-].[H-].[H-].[H-].[H-].[H-].[H-].[H-].[H-].[H-].[H-].[H-].[H-].[H-].[H-].[H-].[H-].[H-].[H-].[H-].[H-].[H-].[H-].[H-].[H-].[H-].[H-].[H-].[H-].[H-].[H-].[H-].[H-].[H-].[H-].[Na+].[Na+].[Na+].[Na+].[Na+].[Na+].[Na+].[Na+].[Na+].[Na+].[Na+].[Na+].[Na+].[Na+].[Na+].[Na+].[Na+].[Na+].[Na+].[Na+].[Na+].[Na+].[Na+].[Na+].[Na+].[Na+].[Na+].[Na+].[Na+].[Na+].[Na+].[Na+].[Na+].[Na+].[Na+].[Na+].[Na+].[Na+].[Na+].[Na+].[Na+].[Na+].[Na+].[Na+].[Na+].[Na+].[Na+].[Na+]. The minimum absolute atomic E-state index is 0. The third-order valence-corrected chi connectivity index (χ3v) is 0. The van der Waals surface area contributed by atoms with Gasteiger partial charge in [0.1, 0.15) is 0 Å². The molecular weight excluding hydrogens is 1140 g/mol. The Morgan fingerprint density at radius 2 is 0.0600 bits per heavy atom. The summed E-state index contributed by atoms with van der Waals surface area (Å²) in [6, 6.07) is 0. The largest absolute Gasteiger partial charge is 1.00 e. The standard InChI is InChI=1S/48Na.2H2O.48H/h;;;;;;;;;;;;;;;;;;;;;;;;;;;;;;;;;;;;;;;;;;;;;;;;2*1H2;;;;;;;;;;;;;;;;;;;;;;;;;;;;;;;;;;;;;;;;;;;;;;;;/q48*+1;;;48*-1. The Kier molecular flexibility index (Phi) is 3110. The fourth-order valence-corrected chi connectivity index (χ4v) is 0. The maximum Gasteiger partial charge on any atom is 1.00 e. The van der Waals surface area contributed by atoms with E-state index in [1.807, 2.05) is 0 Å². The van der Waals surface area contributed by atoms with Crippen LogP contribution >= 0.6 is 0 Å². The summed E-state index contributed by atoms with van der Waals surface area (Å²) in [4.78, 5) is 0. The third-order valence-electron chi connectivity index (χ3n) is 0. The van der Waals surface area contributed by atoms with Crippen LogP contribution in [0.15, 0.2) is 0 Å². The number of rotatable bonds is 0. The van der Waals surface area contributed by atoms with Crippen LogP contribution in [-0.2, 0) is 0 Å². The molecule has 0 saturated heterocycles. The topological polar surface area (TPSA) is 63.0 Å². The quantitative estimate of drug-likeness (QED) is 0.217. The average molecular weight is 1190 g/mol. The molecule has 0 heterocycles. The van der Waals surface area contributed by atoms with Crippen molar-refractivity contribution in [2.75, 3.05) is 0 Å². The molecule has 50 heavy (non-hydrogen) atoms. The van der Waals surface area contributed by atoms with E-state index in [1.54, 1.807) is 0 Å². The van der Waals surface area contributed by atoms with Crippen molar-refractivity contribution in [3.05, 3.63) is 0 Å². The predicted octanol–water partition coefficient (Wildman–Crippen LogP) is -140. The zero-order chi connectivity index (χ0) is 0.